The third-order valence-electron chi connectivity index (χ3n) is 3.58. The number of benzene rings is 1. The van der Waals surface area contributed by atoms with Gasteiger partial charge in [0.05, 0.1) is 0 Å². The average molecular weight is 231 g/mol. The van der Waals surface area contributed by atoms with Gasteiger partial charge in [0.25, 0.3) is 0 Å². The molecule has 2 nitrogen and oxygen atoms in total. The molecule has 2 heteroatoms. The molecule has 0 aromatic heterocycles. The van der Waals surface area contributed by atoms with Gasteiger partial charge in [-0.25, -0.2) is 0 Å². The van der Waals surface area contributed by atoms with Crippen molar-refractivity contribution in [1.82, 2.24) is 5.32 Å². The summed E-state index contributed by atoms with van der Waals surface area (Å²) in [7, 11) is 1.71. The molecule has 0 aliphatic heterocycles. The molecular formula is C15H21NO. The molecule has 1 N–H and O–H groups in total. The highest BCUT2D eigenvalue weighted by Crippen LogP contribution is 2.47. The fourth-order valence-electron chi connectivity index (χ4n) is 2.27. The summed E-state index contributed by atoms with van der Waals surface area (Å²) in [6, 6.07) is 8.73. The monoisotopic (exact) mass is 231 g/mol. The van der Waals surface area contributed by atoms with Crippen molar-refractivity contribution in [1.29, 1.82) is 0 Å². The van der Waals surface area contributed by atoms with Crippen LogP contribution >= 0.6 is 0 Å². The van der Waals surface area contributed by atoms with Gasteiger partial charge < -0.3 is 5.32 Å². The molecule has 2 atom stereocenters. The lowest BCUT2D eigenvalue weighted by atomic mass is 9.86. The number of hydrogen-bond acceptors (Lipinski definition) is 1. The summed E-state index contributed by atoms with van der Waals surface area (Å²) in [5.74, 6) is 0.805. The molecule has 0 spiro atoms. The van der Waals surface area contributed by atoms with Crippen LogP contribution in [0.15, 0.2) is 24.3 Å². The third kappa shape index (κ3) is 2.51. The van der Waals surface area contributed by atoms with Crippen molar-refractivity contribution in [3.8, 4) is 0 Å². The van der Waals surface area contributed by atoms with E-state index in [1.54, 1.807) is 7.05 Å². The molecule has 92 valence electrons. The maximum Gasteiger partial charge on any atom is 0.223 e. The Bertz CT molecular complexity index is 414. The van der Waals surface area contributed by atoms with Gasteiger partial charge in [-0.3, -0.25) is 4.79 Å². The average Bonchev–Trinajstić information content (AvgIpc) is 3.07. The molecule has 1 saturated carbocycles. The van der Waals surface area contributed by atoms with E-state index in [4.69, 9.17) is 0 Å². The van der Waals surface area contributed by atoms with Crippen LogP contribution in [0.3, 0.4) is 0 Å². The maximum atomic E-state index is 11.5. The second-order valence-electron chi connectivity index (χ2n) is 5.93. The molecule has 0 bridgehead atoms. The predicted molar refractivity (Wildman–Crippen MR) is 70.1 cm³/mol. The van der Waals surface area contributed by atoms with Crippen LogP contribution in [0.25, 0.3) is 0 Å². The highest BCUT2D eigenvalue weighted by Gasteiger charge is 2.43. The van der Waals surface area contributed by atoms with E-state index in [2.05, 4.69) is 50.4 Å². The van der Waals surface area contributed by atoms with Crippen LogP contribution < -0.4 is 5.32 Å². The molecule has 2 unspecified atom stereocenters. The van der Waals surface area contributed by atoms with Gasteiger partial charge in [-0.15, -0.1) is 0 Å². The number of nitrogens with one attached hydrogen (secondary N) is 1. The molecule has 1 aliphatic rings. The van der Waals surface area contributed by atoms with Gasteiger partial charge in [-0.05, 0) is 28.9 Å². The summed E-state index contributed by atoms with van der Waals surface area (Å²) in [4.78, 5) is 11.5. The van der Waals surface area contributed by atoms with Crippen molar-refractivity contribution in [2.75, 3.05) is 7.05 Å². The van der Waals surface area contributed by atoms with Gasteiger partial charge in [-0.2, -0.15) is 0 Å². The van der Waals surface area contributed by atoms with E-state index in [0.29, 0.717) is 5.92 Å². The molecule has 2 rings (SSSR count). The summed E-state index contributed by atoms with van der Waals surface area (Å²) in [5.41, 5.74) is 2.84. The van der Waals surface area contributed by atoms with E-state index in [-0.39, 0.29) is 17.2 Å². The molecule has 0 saturated heterocycles. The minimum absolute atomic E-state index is 0.176. The van der Waals surface area contributed by atoms with Gasteiger partial charge in [0, 0.05) is 13.0 Å². The van der Waals surface area contributed by atoms with Crippen LogP contribution in [0, 0.1) is 5.92 Å². The topological polar surface area (TPSA) is 29.1 Å². The third-order valence-corrected chi connectivity index (χ3v) is 3.58. The first-order valence-electron chi connectivity index (χ1n) is 6.25. The Balaban J connectivity index is 2.08. The van der Waals surface area contributed by atoms with E-state index in [0.717, 1.165) is 6.42 Å². The predicted octanol–water partition coefficient (Wildman–Crippen LogP) is 2.83. The molecular weight excluding hydrogens is 210 g/mol. The van der Waals surface area contributed by atoms with Crippen LogP contribution in [0.1, 0.15) is 44.2 Å². The Hall–Kier alpha value is -1.31. The summed E-state index contributed by atoms with van der Waals surface area (Å²) in [6.07, 6.45) is 0.995. The number of carbonyl (C=O) groups excluding carboxylic acids is 1. The van der Waals surface area contributed by atoms with Crippen LogP contribution in [0.5, 0.6) is 0 Å². The molecule has 1 aromatic carbocycles. The van der Waals surface area contributed by atoms with E-state index < -0.39 is 0 Å². The zero-order valence-corrected chi connectivity index (χ0v) is 11.1. The van der Waals surface area contributed by atoms with Crippen molar-refractivity contribution in [2.24, 2.45) is 5.92 Å². The summed E-state index contributed by atoms with van der Waals surface area (Å²) >= 11 is 0. The molecule has 0 heterocycles. The van der Waals surface area contributed by atoms with Gasteiger partial charge >= 0.3 is 0 Å². The number of amides is 1. The Morgan fingerprint density at radius 3 is 2.29 bits per heavy atom. The fourth-order valence-corrected chi connectivity index (χ4v) is 2.27. The largest absolute Gasteiger partial charge is 0.359 e. The van der Waals surface area contributed by atoms with Crippen LogP contribution in [-0.4, -0.2) is 13.0 Å². The first-order chi connectivity index (χ1) is 7.93. The molecule has 17 heavy (non-hydrogen) atoms. The van der Waals surface area contributed by atoms with Crippen molar-refractivity contribution < 1.29 is 4.79 Å². The van der Waals surface area contributed by atoms with Gasteiger partial charge in [0.15, 0.2) is 0 Å². The first-order valence-corrected chi connectivity index (χ1v) is 6.25. The minimum atomic E-state index is 0.176. The standard InChI is InChI=1S/C15H21NO/c1-15(2,3)11-7-5-10(6-8-11)12-9-13(12)14(17)16-4/h5-8,12-13H,9H2,1-4H3,(H,16,17). The van der Waals surface area contributed by atoms with Crippen LogP contribution in [0.2, 0.25) is 0 Å². The highest BCUT2D eigenvalue weighted by atomic mass is 16.1. The van der Waals surface area contributed by atoms with E-state index in [9.17, 15) is 4.79 Å². The lowest BCUT2D eigenvalue weighted by Gasteiger charge is -2.19. The van der Waals surface area contributed by atoms with Gasteiger partial charge in [0.1, 0.15) is 0 Å². The molecule has 1 aliphatic carbocycles. The maximum absolute atomic E-state index is 11.5. The van der Waals surface area contributed by atoms with Gasteiger partial charge in [-0.1, -0.05) is 45.0 Å². The van der Waals surface area contributed by atoms with Crippen LogP contribution in [0.4, 0.5) is 0 Å². The quantitative estimate of drug-likeness (QED) is 0.833. The SMILES string of the molecule is CNC(=O)C1CC1c1ccc(C(C)(C)C)cc1. The Morgan fingerprint density at radius 2 is 1.82 bits per heavy atom. The van der Waals surface area contributed by atoms with Crippen molar-refractivity contribution in [3.63, 3.8) is 0 Å². The molecule has 1 fully saturated rings. The Labute approximate surface area is 103 Å². The number of rotatable bonds is 2. The molecule has 1 aromatic rings. The van der Waals surface area contributed by atoms with E-state index in [1.807, 2.05) is 0 Å². The first kappa shape index (κ1) is 12.2. The zero-order chi connectivity index (χ0) is 12.6. The van der Waals surface area contributed by atoms with Crippen molar-refractivity contribution in [2.45, 2.75) is 38.5 Å². The summed E-state index contributed by atoms with van der Waals surface area (Å²) in [6.45, 7) is 6.64. The van der Waals surface area contributed by atoms with Gasteiger partial charge in [0.2, 0.25) is 5.91 Å². The number of carbonyl (C=O) groups is 1. The lowest BCUT2D eigenvalue weighted by molar-refractivity contribution is -0.121. The summed E-state index contributed by atoms with van der Waals surface area (Å²) < 4.78 is 0. The fraction of sp³-hybridized carbons (Fsp3) is 0.533. The van der Waals surface area contributed by atoms with E-state index >= 15 is 0 Å². The minimum Gasteiger partial charge on any atom is -0.359 e. The van der Waals surface area contributed by atoms with Crippen molar-refractivity contribution >= 4 is 5.91 Å². The molecule has 1 amide bonds. The number of hydrogen-bond donors (Lipinski definition) is 1. The smallest absolute Gasteiger partial charge is 0.223 e. The van der Waals surface area contributed by atoms with Crippen LogP contribution in [-0.2, 0) is 10.2 Å². The second-order valence-corrected chi connectivity index (χ2v) is 5.93. The lowest BCUT2D eigenvalue weighted by Crippen LogP contribution is -2.20. The Morgan fingerprint density at radius 1 is 1.24 bits per heavy atom. The highest BCUT2D eigenvalue weighted by molar-refractivity contribution is 5.82. The second kappa shape index (κ2) is 4.17. The Kier molecular flexibility index (Phi) is 2.98. The zero-order valence-electron chi connectivity index (χ0n) is 11.1. The van der Waals surface area contributed by atoms with Crippen molar-refractivity contribution in [3.05, 3.63) is 35.4 Å². The van der Waals surface area contributed by atoms with E-state index in [1.165, 1.54) is 11.1 Å². The molecule has 0 radical (unpaired) electrons. The summed E-state index contributed by atoms with van der Waals surface area (Å²) in [5, 5.41) is 2.72. The normalized spacial score (nSPS) is 23.3.